The lowest BCUT2D eigenvalue weighted by Gasteiger charge is -2.19. The molecule has 0 spiro atoms. The summed E-state index contributed by atoms with van der Waals surface area (Å²) in [6.07, 6.45) is -4.19. The van der Waals surface area contributed by atoms with Crippen LogP contribution < -0.4 is 9.47 Å². The zero-order valence-corrected chi connectivity index (χ0v) is 10.5. The van der Waals surface area contributed by atoms with Gasteiger partial charge < -0.3 is 9.47 Å². The van der Waals surface area contributed by atoms with Crippen molar-refractivity contribution in [1.29, 1.82) is 0 Å². The fourth-order valence-electron chi connectivity index (χ4n) is 1.65. The Morgan fingerprint density at radius 1 is 1.11 bits per heavy atom. The molecule has 6 heteroatoms. The molecule has 102 valence electrons. The van der Waals surface area contributed by atoms with E-state index in [2.05, 4.69) is 0 Å². The third-order valence-corrected chi connectivity index (χ3v) is 2.35. The van der Waals surface area contributed by atoms with Crippen molar-refractivity contribution < 1.29 is 22.6 Å². The van der Waals surface area contributed by atoms with Gasteiger partial charge >= 0.3 is 6.18 Å². The Morgan fingerprint density at radius 3 is 2.22 bits per heavy atom. The molecule has 0 saturated carbocycles. The van der Waals surface area contributed by atoms with E-state index in [-0.39, 0.29) is 6.54 Å². The summed E-state index contributed by atoms with van der Waals surface area (Å²) in [5, 5.41) is 0. The number of alkyl halides is 3. The number of hydrogen-bond acceptors (Lipinski definition) is 3. The van der Waals surface area contributed by atoms with Crippen molar-refractivity contribution >= 4 is 0 Å². The van der Waals surface area contributed by atoms with Gasteiger partial charge in [-0.1, -0.05) is 6.07 Å². The first-order valence-electron chi connectivity index (χ1n) is 5.32. The van der Waals surface area contributed by atoms with Crippen LogP contribution >= 0.6 is 0 Å². The molecular weight excluding hydrogens is 247 g/mol. The average Bonchev–Trinajstić information content (AvgIpc) is 2.26. The second kappa shape index (κ2) is 5.95. The van der Waals surface area contributed by atoms with E-state index in [1.54, 1.807) is 18.2 Å². The molecule has 0 aliphatic heterocycles. The van der Waals surface area contributed by atoms with Gasteiger partial charge in [-0.2, -0.15) is 13.2 Å². The summed E-state index contributed by atoms with van der Waals surface area (Å²) in [5.41, 5.74) is 0.736. The van der Waals surface area contributed by atoms with Crippen LogP contribution in [0.2, 0.25) is 0 Å². The zero-order chi connectivity index (χ0) is 13.8. The van der Waals surface area contributed by atoms with Gasteiger partial charge in [-0.3, -0.25) is 4.90 Å². The Labute approximate surface area is 104 Å². The summed E-state index contributed by atoms with van der Waals surface area (Å²) in [5.74, 6) is 1.06. The molecule has 0 atom stereocenters. The number of halogens is 3. The van der Waals surface area contributed by atoms with Crippen molar-refractivity contribution in [2.24, 2.45) is 0 Å². The lowest BCUT2D eigenvalue weighted by Crippen LogP contribution is -2.30. The highest BCUT2D eigenvalue weighted by atomic mass is 19.4. The molecule has 0 radical (unpaired) electrons. The Kier molecular flexibility index (Phi) is 4.84. The summed E-state index contributed by atoms with van der Waals surface area (Å²) in [6, 6.07) is 5.07. The summed E-state index contributed by atoms with van der Waals surface area (Å²) in [6.45, 7) is -0.749. The topological polar surface area (TPSA) is 21.7 Å². The lowest BCUT2D eigenvalue weighted by atomic mass is 10.2. The third kappa shape index (κ3) is 4.44. The minimum absolute atomic E-state index is 0.194. The van der Waals surface area contributed by atoms with Crippen molar-refractivity contribution in [2.45, 2.75) is 12.7 Å². The molecule has 0 amide bonds. The number of nitrogens with zero attached hydrogens (tertiary/aromatic N) is 1. The van der Waals surface area contributed by atoms with Crippen molar-refractivity contribution in [1.82, 2.24) is 4.90 Å². The molecule has 0 aromatic heterocycles. The van der Waals surface area contributed by atoms with E-state index in [4.69, 9.17) is 9.47 Å². The first kappa shape index (κ1) is 14.6. The molecule has 3 nitrogen and oxygen atoms in total. The zero-order valence-electron chi connectivity index (χ0n) is 10.5. The van der Waals surface area contributed by atoms with Gasteiger partial charge in [0.05, 0.1) is 20.8 Å². The van der Waals surface area contributed by atoms with E-state index in [1.807, 2.05) is 0 Å². The predicted octanol–water partition coefficient (Wildman–Crippen LogP) is 2.70. The standard InChI is InChI=1S/C12H16F3NO2/c1-16(8-12(13,14)15)7-9-4-5-10(17-2)11(6-9)18-3/h4-6H,7-8H2,1-3H3. The molecule has 1 rings (SSSR count). The van der Waals surface area contributed by atoms with Crippen molar-refractivity contribution in [3.8, 4) is 11.5 Å². The summed E-state index contributed by atoms with van der Waals surface area (Å²) < 4.78 is 46.7. The minimum Gasteiger partial charge on any atom is -0.493 e. The van der Waals surface area contributed by atoms with Crippen molar-refractivity contribution in [3.05, 3.63) is 23.8 Å². The van der Waals surface area contributed by atoms with E-state index in [1.165, 1.54) is 26.2 Å². The smallest absolute Gasteiger partial charge is 0.401 e. The van der Waals surface area contributed by atoms with Crippen LogP contribution in [-0.4, -0.2) is 38.9 Å². The van der Waals surface area contributed by atoms with E-state index in [0.717, 1.165) is 5.56 Å². The fourth-order valence-corrected chi connectivity index (χ4v) is 1.65. The van der Waals surface area contributed by atoms with Gasteiger partial charge in [0, 0.05) is 6.54 Å². The fraction of sp³-hybridized carbons (Fsp3) is 0.500. The molecule has 1 aromatic rings. The summed E-state index contributed by atoms with van der Waals surface area (Å²) in [4.78, 5) is 1.20. The number of methoxy groups -OCH3 is 2. The Hall–Kier alpha value is -1.43. The molecule has 0 bridgehead atoms. The molecular formula is C12H16F3NO2. The number of benzene rings is 1. The first-order chi connectivity index (χ1) is 8.35. The van der Waals surface area contributed by atoms with E-state index < -0.39 is 12.7 Å². The van der Waals surface area contributed by atoms with Crippen LogP contribution in [0.15, 0.2) is 18.2 Å². The monoisotopic (exact) mass is 263 g/mol. The second-order valence-electron chi connectivity index (χ2n) is 3.98. The van der Waals surface area contributed by atoms with Crippen molar-refractivity contribution in [3.63, 3.8) is 0 Å². The van der Waals surface area contributed by atoms with Gasteiger partial charge in [-0.05, 0) is 24.7 Å². The maximum absolute atomic E-state index is 12.2. The molecule has 0 heterocycles. The van der Waals surface area contributed by atoms with Crippen LogP contribution in [0.3, 0.4) is 0 Å². The van der Waals surface area contributed by atoms with Gasteiger partial charge in [0.1, 0.15) is 0 Å². The van der Waals surface area contributed by atoms with Crippen LogP contribution in [0.5, 0.6) is 11.5 Å². The Bertz CT molecular complexity index is 393. The van der Waals surface area contributed by atoms with E-state index in [9.17, 15) is 13.2 Å². The number of rotatable bonds is 5. The maximum atomic E-state index is 12.2. The minimum atomic E-state index is -4.19. The molecule has 0 aliphatic carbocycles. The molecule has 0 fully saturated rings. The lowest BCUT2D eigenvalue weighted by molar-refractivity contribution is -0.144. The quantitative estimate of drug-likeness (QED) is 0.815. The van der Waals surface area contributed by atoms with E-state index >= 15 is 0 Å². The molecule has 0 unspecified atom stereocenters. The highest BCUT2D eigenvalue weighted by molar-refractivity contribution is 5.42. The van der Waals surface area contributed by atoms with Gasteiger partial charge in [0.15, 0.2) is 11.5 Å². The first-order valence-corrected chi connectivity index (χ1v) is 5.32. The normalized spacial score (nSPS) is 11.7. The number of ether oxygens (including phenoxy) is 2. The highest BCUT2D eigenvalue weighted by Gasteiger charge is 2.29. The SMILES string of the molecule is COc1ccc(CN(C)CC(F)(F)F)cc1OC. The Morgan fingerprint density at radius 2 is 1.72 bits per heavy atom. The van der Waals surface area contributed by atoms with Gasteiger partial charge in [0.25, 0.3) is 0 Å². The van der Waals surface area contributed by atoms with Crippen LogP contribution in [0.1, 0.15) is 5.56 Å². The predicted molar refractivity (Wildman–Crippen MR) is 61.9 cm³/mol. The molecule has 0 aliphatic rings. The molecule has 0 N–H and O–H groups in total. The van der Waals surface area contributed by atoms with Gasteiger partial charge in [0.2, 0.25) is 0 Å². The van der Waals surface area contributed by atoms with Gasteiger partial charge in [-0.25, -0.2) is 0 Å². The maximum Gasteiger partial charge on any atom is 0.401 e. The summed E-state index contributed by atoms with van der Waals surface area (Å²) in [7, 11) is 4.42. The summed E-state index contributed by atoms with van der Waals surface area (Å²) >= 11 is 0. The Balaban J connectivity index is 2.73. The second-order valence-corrected chi connectivity index (χ2v) is 3.98. The van der Waals surface area contributed by atoms with Crippen LogP contribution in [0, 0.1) is 0 Å². The van der Waals surface area contributed by atoms with Crippen molar-refractivity contribution in [2.75, 3.05) is 27.8 Å². The average molecular weight is 263 g/mol. The number of hydrogen-bond donors (Lipinski definition) is 0. The molecule has 1 aromatic carbocycles. The molecule has 18 heavy (non-hydrogen) atoms. The van der Waals surface area contributed by atoms with Gasteiger partial charge in [-0.15, -0.1) is 0 Å². The largest absolute Gasteiger partial charge is 0.493 e. The highest BCUT2D eigenvalue weighted by Crippen LogP contribution is 2.28. The van der Waals surface area contributed by atoms with Crippen LogP contribution in [-0.2, 0) is 6.54 Å². The van der Waals surface area contributed by atoms with Crippen LogP contribution in [0.25, 0.3) is 0 Å². The molecule has 0 saturated heterocycles. The van der Waals surface area contributed by atoms with Crippen LogP contribution in [0.4, 0.5) is 13.2 Å². The third-order valence-electron chi connectivity index (χ3n) is 2.35. The van der Waals surface area contributed by atoms with E-state index in [0.29, 0.717) is 11.5 Å².